The topological polar surface area (TPSA) is 107 Å². The average Bonchev–Trinajstić information content (AvgIpc) is 2.56. The molecule has 0 amide bonds. The number of rotatable bonds is 5. The molecule has 2 aromatic carbocycles. The predicted octanol–water partition coefficient (Wildman–Crippen LogP) is 2.90. The fourth-order valence-corrected chi connectivity index (χ4v) is 2.13. The molecular weight excluding hydrogens is 290 g/mol. The number of hydrazone groups is 1. The minimum absolute atomic E-state index is 0.183. The van der Waals surface area contributed by atoms with Crippen molar-refractivity contribution in [3.63, 3.8) is 0 Å². The van der Waals surface area contributed by atoms with E-state index < -0.39 is 5.84 Å². The summed E-state index contributed by atoms with van der Waals surface area (Å²) in [6, 6.07) is 15.5. The molecule has 4 N–H and O–H groups in total. The molecule has 0 aliphatic heterocycles. The first-order valence-electron chi connectivity index (χ1n) is 6.89. The van der Waals surface area contributed by atoms with Gasteiger partial charge in [-0.25, -0.2) is 0 Å². The van der Waals surface area contributed by atoms with Gasteiger partial charge in [0.15, 0.2) is 5.84 Å². The summed E-state index contributed by atoms with van der Waals surface area (Å²) in [6.45, 7) is 1.98. The Labute approximate surface area is 134 Å². The summed E-state index contributed by atoms with van der Waals surface area (Å²) in [5, 5.41) is 20.0. The fraction of sp³-hybridized carbons (Fsp3) is 0.118. The highest BCUT2D eigenvalue weighted by molar-refractivity contribution is 6.45. The van der Waals surface area contributed by atoms with E-state index in [9.17, 15) is 0 Å². The molecule has 0 saturated carbocycles. The molecule has 6 heteroatoms. The highest BCUT2D eigenvalue weighted by Gasteiger charge is 2.10. The van der Waals surface area contributed by atoms with E-state index in [1.165, 1.54) is 0 Å². The Bertz CT molecular complexity index is 791. The summed E-state index contributed by atoms with van der Waals surface area (Å²) in [4.78, 5) is 0. The molecule has 0 fully saturated rings. The summed E-state index contributed by atoms with van der Waals surface area (Å²) >= 11 is 0. The molecule has 116 valence electrons. The monoisotopic (exact) mass is 307 g/mol. The highest BCUT2D eigenvalue weighted by atomic mass is 16.5. The van der Waals surface area contributed by atoms with Crippen molar-refractivity contribution in [1.29, 1.82) is 10.7 Å². The van der Waals surface area contributed by atoms with Crippen LogP contribution in [0.15, 0.2) is 47.6 Å². The Hall–Kier alpha value is -3.33. The molecule has 0 saturated heterocycles. The smallest absolute Gasteiger partial charge is 0.201 e. The van der Waals surface area contributed by atoms with Crippen molar-refractivity contribution in [3.05, 3.63) is 48.0 Å². The summed E-state index contributed by atoms with van der Waals surface area (Å²) < 4.78 is 5.39. The van der Waals surface area contributed by atoms with Crippen LogP contribution in [0.1, 0.15) is 5.56 Å². The van der Waals surface area contributed by atoms with Crippen LogP contribution in [0.4, 0.5) is 5.69 Å². The van der Waals surface area contributed by atoms with Crippen LogP contribution in [0.25, 0.3) is 11.1 Å². The van der Waals surface area contributed by atoms with E-state index >= 15 is 0 Å². The van der Waals surface area contributed by atoms with Crippen molar-refractivity contribution in [2.75, 3.05) is 12.5 Å². The average molecular weight is 307 g/mol. The summed E-state index contributed by atoms with van der Waals surface area (Å²) in [5.74, 6) is 0.190. The standard InChI is InChI=1S/C17H17N5O/c1-11-8-14(21-22-15(10-18)17(19)20)16(23-2)9-13(11)12-6-4-3-5-7-12/h3-9,21H,1-2H3,(H3,19,20)/b22-15+. The molecule has 0 aliphatic rings. The number of anilines is 1. The minimum atomic E-state index is -0.392. The number of nitrogens with zero attached hydrogens (tertiary/aromatic N) is 2. The lowest BCUT2D eigenvalue weighted by molar-refractivity contribution is 0.416. The van der Waals surface area contributed by atoms with E-state index in [1.807, 2.05) is 49.4 Å². The number of nitrogens with one attached hydrogen (secondary N) is 2. The van der Waals surface area contributed by atoms with Crippen molar-refractivity contribution in [2.45, 2.75) is 6.92 Å². The predicted molar refractivity (Wildman–Crippen MR) is 91.8 cm³/mol. The Morgan fingerprint density at radius 2 is 2.00 bits per heavy atom. The highest BCUT2D eigenvalue weighted by Crippen LogP contribution is 2.33. The zero-order valence-corrected chi connectivity index (χ0v) is 12.9. The van der Waals surface area contributed by atoms with Gasteiger partial charge >= 0.3 is 0 Å². The second-order valence-corrected chi connectivity index (χ2v) is 4.83. The van der Waals surface area contributed by atoms with E-state index in [0.717, 1.165) is 16.7 Å². The maximum absolute atomic E-state index is 8.88. The quantitative estimate of drug-likeness (QED) is 0.448. The van der Waals surface area contributed by atoms with Crippen molar-refractivity contribution < 1.29 is 4.74 Å². The van der Waals surface area contributed by atoms with Crippen LogP contribution in [0.2, 0.25) is 0 Å². The summed E-state index contributed by atoms with van der Waals surface area (Å²) in [6.07, 6.45) is 0. The number of ether oxygens (including phenoxy) is 1. The van der Waals surface area contributed by atoms with E-state index in [2.05, 4.69) is 10.5 Å². The first-order chi connectivity index (χ1) is 11.1. The molecule has 0 atom stereocenters. The van der Waals surface area contributed by atoms with Gasteiger partial charge in [0.1, 0.15) is 11.8 Å². The summed E-state index contributed by atoms with van der Waals surface area (Å²) in [7, 11) is 1.56. The normalized spacial score (nSPS) is 10.7. The third kappa shape index (κ3) is 3.66. The molecular formula is C17H17N5O. The van der Waals surface area contributed by atoms with Crippen LogP contribution >= 0.6 is 0 Å². The number of methoxy groups -OCH3 is 1. The zero-order valence-electron chi connectivity index (χ0n) is 12.9. The van der Waals surface area contributed by atoms with Crippen LogP contribution < -0.4 is 15.9 Å². The number of amidine groups is 1. The SMILES string of the molecule is COc1cc(-c2ccccc2)c(C)cc1N/N=C(\C#N)C(=N)N. The minimum Gasteiger partial charge on any atom is -0.494 e. The van der Waals surface area contributed by atoms with Gasteiger partial charge in [0.05, 0.1) is 12.8 Å². The second-order valence-electron chi connectivity index (χ2n) is 4.83. The van der Waals surface area contributed by atoms with Crippen LogP contribution in [0.3, 0.4) is 0 Å². The number of benzene rings is 2. The molecule has 0 aromatic heterocycles. The largest absolute Gasteiger partial charge is 0.494 e. The molecule has 2 rings (SSSR count). The Balaban J connectivity index is 2.42. The Morgan fingerprint density at radius 3 is 2.57 bits per heavy atom. The summed E-state index contributed by atoms with van der Waals surface area (Å²) in [5.41, 5.74) is 11.6. The van der Waals surface area contributed by atoms with Gasteiger partial charge in [-0.1, -0.05) is 30.3 Å². The first kappa shape index (κ1) is 16.0. The van der Waals surface area contributed by atoms with Gasteiger partial charge in [0, 0.05) is 0 Å². The molecule has 0 heterocycles. The van der Waals surface area contributed by atoms with Gasteiger partial charge in [-0.3, -0.25) is 10.8 Å². The molecule has 0 spiro atoms. The maximum atomic E-state index is 8.88. The Morgan fingerprint density at radius 1 is 1.30 bits per heavy atom. The number of nitrogens with two attached hydrogens (primary N) is 1. The fourth-order valence-electron chi connectivity index (χ4n) is 2.13. The molecule has 0 aliphatic carbocycles. The lowest BCUT2D eigenvalue weighted by Crippen LogP contribution is -2.21. The van der Waals surface area contributed by atoms with Gasteiger partial charge in [-0.2, -0.15) is 10.4 Å². The van der Waals surface area contributed by atoms with Crippen molar-refractivity contribution >= 4 is 17.2 Å². The van der Waals surface area contributed by atoms with Gasteiger partial charge in [0.25, 0.3) is 0 Å². The lowest BCUT2D eigenvalue weighted by atomic mass is 9.99. The number of hydrogen-bond donors (Lipinski definition) is 3. The zero-order chi connectivity index (χ0) is 16.8. The van der Waals surface area contributed by atoms with Gasteiger partial charge in [-0.15, -0.1) is 0 Å². The molecule has 0 bridgehead atoms. The number of aryl methyl sites for hydroxylation is 1. The molecule has 2 aromatic rings. The number of nitriles is 1. The molecule has 6 nitrogen and oxygen atoms in total. The van der Waals surface area contributed by atoms with Crippen molar-refractivity contribution in [3.8, 4) is 22.9 Å². The lowest BCUT2D eigenvalue weighted by Gasteiger charge is -2.13. The molecule has 0 radical (unpaired) electrons. The third-order valence-corrected chi connectivity index (χ3v) is 3.28. The maximum Gasteiger partial charge on any atom is 0.201 e. The molecule has 23 heavy (non-hydrogen) atoms. The molecule has 0 unspecified atom stereocenters. The van der Waals surface area contributed by atoms with E-state index in [-0.39, 0.29) is 5.71 Å². The van der Waals surface area contributed by atoms with Crippen molar-refractivity contribution in [1.82, 2.24) is 0 Å². The third-order valence-electron chi connectivity index (χ3n) is 3.28. The van der Waals surface area contributed by atoms with Crippen LogP contribution in [0.5, 0.6) is 5.75 Å². The first-order valence-corrected chi connectivity index (χ1v) is 6.89. The van der Waals surface area contributed by atoms with Crippen molar-refractivity contribution in [2.24, 2.45) is 10.8 Å². The van der Waals surface area contributed by atoms with Gasteiger partial charge in [-0.05, 0) is 35.7 Å². The van der Waals surface area contributed by atoms with Crippen LogP contribution in [-0.2, 0) is 0 Å². The Kier molecular flexibility index (Phi) is 4.95. The van der Waals surface area contributed by atoms with E-state index in [0.29, 0.717) is 11.4 Å². The van der Waals surface area contributed by atoms with Gasteiger partial charge < -0.3 is 10.5 Å². The van der Waals surface area contributed by atoms with Crippen LogP contribution in [-0.4, -0.2) is 18.7 Å². The number of hydrogen-bond acceptors (Lipinski definition) is 5. The van der Waals surface area contributed by atoms with E-state index in [4.69, 9.17) is 21.1 Å². The van der Waals surface area contributed by atoms with Crippen LogP contribution in [0, 0.1) is 23.7 Å². The second kappa shape index (κ2) is 7.09. The van der Waals surface area contributed by atoms with E-state index in [1.54, 1.807) is 13.2 Å². The van der Waals surface area contributed by atoms with Gasteiger partial charge in [0.2, 0.25) is 5.71 Å².